The molecule has 0 saturated heterocycles. The molecule has 2 aromatic heterocycles. The zero-order valence-electron chi connectivity index (χ0n) is 12.5. The molecule has 2 rings (SSSR count). The molecule has 114 valence electrons. The van der Waals surface area contributed by atoms with Crippen LogP contribution in [-0.4, -0.2) is 29.8 Å². The van der Waals surface area contributed by atoms with E-state index in [1.807, 2.05) is 13.8 Å². The Labute approximate surface area is 120 Å². The molecular formula is C13H18N4O4. The van der Waals surface area contributed by atoms with Crippen LogP contribution in [0.5, 0.6) is 0 Å². The Hall–Kier alpha value is -2.38. The largest absolute Gasteiger partial charge is 0.481 e. The van der Waals surface area contributed by atoms with Crippen LogP contribution in [0.1, 0.15) is 32.1 Å². The van der Waals surface area contributed by atoms with Gasteiger partial charge in [-0.1, -0.05) is 6.92 Å². The van der Waals surface area contributed by atoms with E-state index in [1.54, 1.807) is 11.6 Å². The summed E-state index contributed by atoms with van der Waals surface area (Å²) in [5.74, 6) is -0.748. The maximum atomic E-state index is 12.2. The number of aryl methyl sites for hydroxylation is 1. The molecule has 8 nitrogen and oxygen atoms in total. The van der Waals surface area contributed by atoms with Crippen molar-refractivity contribution in [1.29, 1.82) is 0 Å². The monoisotopic (exact) mass is 294 g/mol. The van der Waals surface area contributed by atoms with E-state index in [0.717, 1.165) is 11.0 Å². The minimum absolute atomic E-state index is 0.0675. The van der Waals surface area contributed by atoms with Gasteiger partial charge in [0.25, 0.3) is 5.56 Å². The van der Waals surface area contributed by atoms with Gasteiger partial charge < -0.3 is 9.67 Å². The number of aromatic nitrogens is 4. The van der Waals surface area contributed by atoms with Gasteiger partial charge in [-0.25, -0.2) is 9.78 Å². The molecule has 1 N–H and O–H groups in total. The van der Waals surface area contributed by atoms with Crippen molar-refractivity contribution in [2.45, 2.75) is 32.7 Å². The maximum absolute atomic E-state index is 12.2. The number of hydrogen-bond donors (Lipinski definition) is 1. The Bertz CT molecular complexity index is 827. The van der Waals surface area contributed by atoms with Crippen molar-refractivity contribution >= 4 is 17.1 Å². The molecule has 0 bridgehead atoms. The van der Waals surface area contributed by atoms with E-state index >= 15 is 0 Å². The van der Waals surface area contributed by atoms with Crippen molar-refractivity contribution in [2.75, 3.05) is 0 Å². The summed E-state index contributed by atoms with van der Waals surface area (Å²) < 4.78 is 3.98. The van der Waals surface area contributed by atoms with Gasteiger partial charge in [-0.05, 0) is 13.3 Å². The molecule has 0 aromatic carbocycles. The number of nitrogens with zero attached hydrogens (tertiary/aromatic N) is 4. The molecule has 2 heterocycles. The SMILES string of the molecule is CCC(C)n1c(CC(=O)O)nc2c(=O)n(C)c(=O)n(C)c21. The van der Waals surface area contributed by atoms with Gasteiger partial charge in [-0.15, -0.1) is 0 Å². The first kappa shape index (κ1) is 15.0. The van der Waals surface area contributed by atoms with Crippen LogP contribution in [0.25, 0.3) is 11.2 Å². The molecule has 0 amide bonds. The number of aliphatic carboxylic acids is 1. The van der Waals surface area contributed by atoms with Crippen LogP contribution >= 0.6 is 0 Å². The van der Waals surface area contributed by atoms with Crippen LogP contribution in [0.4, 0.5) is 0 Å². The maximum Gasteiger partial charge on any atom is 0.332 e. The predicted molar refractivity (Wildman–Crippen MR) is 76.6 cm³/mol. The second-order valence-electron chi connectivity index (χ2n) is 5.10. The van der Waals surface area contributed by atoms with Gasteiger partial charge in [0.1, 0.15) is 17.9 Å². The zero-order chi connectivity index (χ0) is 15.9. The molecule has 0 aliphatic heterocycles. The second kappa shape index (κ2) is 5.19. The van der Waals surface area contributed by atoms with Crippen molar-refractivity contribution in [3.63, 3.8) is 0 Å². The summed E-state index contributed by atoms with van der Waals surface area (Å²) in [6.45, 7) is 3.84. The normalized spacial score (nSPS) is 12.8. The van der Waals surface area contributed by atoms with E-state index in [2.05, 4.69) is 4.98 Å². The van der Waals surface area contributed by atoms with Crippen LogP contribution in [0.2, 0.25) is 0 Å². The number of carbonyl (C=O) groups is 1. The highest BCUT2D eigenvalue weighted by Gasteiger charge is 2.22. The lowest BCUT2D eigenvalue weighted by molar-refractivity contribution is -0.136. The predicted octanol–water partition coefficient (Wildman–Crippen LogP) is 0.0318. The summed E-state index contributed by atoms with van der Waals surface area (Å²) in [5.41, 5.74) is -0.481. The van der Waals surface area contributed by atoms with E-state index in [9.17, 15) is 14.4 Å². The van der Waals surface area contributed by atoms with Crippen LogP contribution in [0.15, 0.2) is 9.59 Å². The Balaban J connectivity index is 2.97. The fourth-order valence-electron chi connectivity index (χ4n) is 2.40. The van der Waals surface area contributed by atoms with Crippen LogP contribution in [0, 0.1) is 0 Å². The molecule has 0 aliphatic carbocycles. The first-order valence-electron chi connectivity index (χ1n) is 6.68. The molecule has 0 radical (unpaired) electrons. The summed E-state index contributed by atoms with van der Waals surface area (Å²) in [6.07, 6.45) is 0.428. The highest BCUT2D eigenvalue weighted by Crippen LogP contribution is 2.20. The number of fused-ring (bicyclic) bond motifs is 1. The summed E-state index contributed by atoms with van der Waals surface area (Å²) in [6, 6.07) is -0.0675. The fraction of sp³-hybridized carbons (Fsp3) is 0.538. The Morgan fingerprint density at radius 1 is 1.29 bits per heavy atom. The standard InChI is InChI=1S/C13H18N4O4/c1-5-7(2)17-8(6-9(18)19)14-10-11(17)15(3)13(21)16(4)12(10)20/h7H,5-6H2,1-4H3,(H,18,19). The van der Waals surface area contributed by atoms with Crippen molar-refractivity contribution in [1.82, 2.24) is 18.7 Å². The smallest absolute Gasteiger partial charge is 0.332 e. The summed E-state index contributed by atoms with van der Waals surface area (Å²) in [4.78, 5) is 39.4. The van der Waals surface area contributed by atoms with Gasteiger partial charge in [0.15, 0.2) is 5.52 Å². The molecule has 0 spiro atoms. The van der Waals surface area contributed by atoms with Gasteiger partial charge in [0.2, 0.25) is 0 Å². The lowest BCUT2D eigenvalue weighted by Crippen LogP contribution is -2.37. The van der Waals surface area contributed by atoms with Gasteiger partial charge in [-0.2, -0.15) is 0 Å². The van der Waals surface area contributed by atoms with Gasteiger partial charge >= 0.3 is 11.7 Å². The Morgan fingerprint density at radius 2 is 1.90 bits per heavy atom. The number of rotatable bonds is 4. The molecule has 21 heavy (non-hydrogen) atoms. The number of carboxylic acid groups (broad SMARTS) is 1. The van der Waals surface area contributed by atoms with Gasteiger partial charge in [0, 0.05) is 20.1 Å². The topological polar surface area (TPSA) is 99.1 Å². The van der Waals surface area contributed by atoms with Gasteiger partial charge in [0.05, 0.1) is 0 Å². The minimum Gasteiger partial charge on any atom is -0.481 e. The van der Waals surface area contributed by atoms with E-state index in [0.29, 0.717) is 5.65 Å². The van der Waals surface area contributed by atoms with Gasteiger partial charge in [-0.3, -0.25) is 18.7 Å². The number of imidazole rings is 1. The van der Waals surface area contributed by atoms with E-state index in [4.69, 9.17) is 5.11 Å². The third-order valence-electron chi connectivity index (χ3n) is 3.70. The Kier molecular flexibility index (Phi) is 3.71. The van der Waals surface area contributed by atoms with E-state index in [1.165, 1.54) is 11.6 Å². The van der Waals surface area contributed by atoms with Crippen molar-refractivity contribution in [3.05, 3.63) is 26.7 Å². The summed E-state index contributed by atoms with van der Waals surface area (Å²) in [7, 11) is 2.93. The molecule has 0 fully saturated rings. The van der Waals surface area contributed by atoms with Crippen LogP contribution in [0.3, 0.4) is 0 Å². The lowest BCUT2D eigenvalue weighted by Gasteiger charge is -2.16. The number of hydrogen-bond acceptors (Lipinski definition) is 4. The second-order valence-corrected chi connectivity index (χ2v) is 5.10. The fourth-order valence-corrected chi connectivity index (χ4v) is 2.40. The Morgan fingerprint density at radius 3 is 2.43 bits per heavy atom. The van der Waals surface area contributed by atoms with Crippen LogP contribution < -0.4 is 11.2 Å². The van der Waals surface area contributed by atoms with E-state index in [-0.39, 0.29) is 23.8 Å². The third-order valence-corrected chi connectivity index (χ3v) is 3.70. The van der Waals surface area contributed by atoms with E-state index < -0.39 is 17.2 Å². The van der Waals surface area contributed by atoms with Crippen molar-refractivity contribution in [2.24, 2.45) is 14.1 Å². The first-order chi connectivity index (χ1) is 9.79. The average Bonchev–Trinajstić information content (AvgIpc) is 2.80. The molecular weight excluding hydrogens is 276 g/mol. The van der Waals surface area contributed by atoms with Crippen molar-refractivity contribution < 1.29 is 9.90 Å². The third kappa shape index (κ3) is 2.26. The molecule has 0 aliphatic rings. The molecule has 8 heteroatoms. The quantitative estimate of drug-likeness (QED) is 0.857. The number of carboxylic acids is 1. The molecule has 1 atom stereocenters. The summed E-state index contributed by atoms with van der Waals surface area (Å²) >= 11 is 0. The highest BCUT2D eigenvalue weighted by atomic mass is 16.4. The van der Waals surface area contributed by atoms with Crippen LogP contribution in [-0.2, 0) is 25.3 Å². The first-order valence-corrected chi connectivity index (χ1v) is 6.68. The summed E-state index contributed by atoms with van der Waals surface area (Å²) in [5, 5.41) is 9.01. The molecule has 1 unspecified atom stereocenters. The molecule has 0 saturated carbocycles. The zero-order valence-corrected chi connectivity index (χ0v) is 12.5. The minimum atomic E-state index is -1.03. The lowest BCUT2D eigenvalue weighted by atomic mass is 10.2. The highest BCUT2D eigenvalue weighted by molar-refractivity contribution is 5.74. The van der Waals surface area contributed by atoms with Crippen molar-refractivity contribution in [3.8, 4) is 0 Å². The molecule has 2 aromatic rings. The average molecular weight is 294 g/mol.